The third-order valence-corrected chi connectivity index (χ3v) is 4.41. The normalized spacial score (nSPS) is 24.4. The topological polar surface area (TPSA) is 6.48 Å². The van der Waals surface area contributed by atoms with Crippen molar-refractivity contribution in [2.45, 2.75) is 31.7 Å². The van der Waals surface area contributed by atoms with Gasteiger partial charge >= 0.3 is 0 Å². The van der Waals surface area contributed by atoms with Crippen molar-refractivity contribution in [1.82, 2.24) is 4.90 Å². The molecule has 0 saturated carbocycles. The van der Waals surface area contributed by atoms with Gasteiger partial charge in [-0.2, -0.15) is 0 Å². The molecule has 1 aromatic carbocycles. The van der Waals surface area contributed by atoms with Crippen LogP contribution in [-0.4, -0.2) is 37.1 Å². The summed E-state index contributed by atoms with van der Waals surface area (Å²) in [6.07, 6.45) is 4.43. The Labute approximate surface area is 117 Å². The molecule has 0 bridgehead atoms. The van der Waals surface area contributed by atoms with Gasteiger partial charge in [-0.3, -0.25) is 4.90 Å². The summed E-state index contributed by atoms with van der Waals surface area (Å²) in [7, 11) is 0. The molecule has 0 N–H and O–H groups in total. The molecule has 5 heteroatoms. The molecule has 0 aliphatic carbocycles. The van der Waals surface area contributed by atoms with E-state index in [-0.39, 0.29) is 5.69 Å². The first-order valence-corrected chi connectivity index (χ1v) is 7.29. The molecule has 110 valence electrons. The maximum atomic E-state index is 13.9. The molecule has 2 aliphatic rings. The summed E-state index contributed by atoms with van der Waals surface area (Å²) in [5.41, 5.74) is 0.191. The largest absolute Gasteiger partial charge is 0.367 e. The molecule has 0 spiro atoms. The predicted molar refractivity (Wildman–Crippen MR) is 72.4 cm³/mol. The molecule has 0 amide bonds. The highest BCUT2D eigenvalue weighted by Crippen LogP contribution is 2.28. The molecule has 2 fully saturated rings. The molecule has 2 saturated heterocycles. The van der Waals surface area contributed by atoms with Gasteiger partial charge in [-0.25, -0.2) is 13.2 Å². The van der Waals surface area contributed by atoms with E-state index in [2.05, 4.69) is 4.90 Å². The highest BCUT2D eigenvalue weighted by atomic mass is 19.2. The van der Waals surface area contributed by atoms with Gasteiger partial charge in [-0.1, -0.05) is 6.42 Å². The lowest BCUT2D eigenvalue weighted by molar-refractivity contribution is 0.162. The van der Waals surface area contributed by atoms with E-state index in [1.807, 2.05) is 4.90 Å². The SMILES string of the molecule is Fc1ccc(N2CCCN3CCCCC3C2)c(F)c1F. The minimum absolute atomic E-state index is 0.191. The second-order valence-electron chi connectivity index (χ2n) is 5.68. The second-order valence-corrected chi connectivity index (χ2v) is 5.68. The zero-order valence-corrected chi connectivity index (χ0v) is 11.4. The smallest absolute Gasteiger partial charge is 0.196 e. The van der Waals surface area contributed by atoms with Crippen LogP contribution in [0.4, 0.5) is 18.9 Å². The van der Waals surface area contributed by atoms with E-state index in [0.717, 1.165) is 32.0 Å². The lowest BCUT2D eigenvalue weighted by Crippen LogP contribution is -2.44. The maximum absolute atomic E-state index is 13.9. The first kappa shape index (κ1) is 13.7. The number of nitrogens with zero attached hydrogens (tertiary/aromatic N) is 2. The second kappa shape index (κ2) is 5.64. The lowest BCUT2D eigenvalue weighted by Gasteiger charge is -2.35. The quantitative estimate of drug-likeness (QED) is 0.731. The molecular formula is C15H19F3N2. The minimum Gasteiger partial charge on any atom is -0.367 e. The van der Waals surface area contributed by atoms with E-state index in [9.17, 15) is 13.2 Å². The average Bonchev–Trinajstić information content (AvgIpc) is 2.67. The van der Waals surface area contributed by atoms with Gasteiger partial charge < -0.3 is 4.90 Å². The van der Waals surface area contributed by atoms with E-state index in [4.69, 9.17) is 0 Å². The van der Waals surface area contributed by atoms with Crippen LogP contribution in [0.5, 0.6) is 0 Å². The van der Waals surface area contributed by atoms with Crippen LogP contribution in [0, 0.1) is 17.5 Å². The van der Waals surface area contributed by atoms with Crippen molar-refractivity contribution in [1.29, 1.82) is 0 Å². The summed E-state index contributed by atoms with van der Waals surface area (Å²) in [6, 6.07) is 2.77. The first-order valence-electron chi connectivity index (χ1n) is 7.29. The molecule has 1 atom stereocenters. The van der Waals surface area contributed by atoms with Crippen molar-refractivity contribution in [3.63, 3.8) is 0 Å². The Morgan fingerprint density at radius 1 is 0.900 bits per heavy atom. The Hall–Kier alpha value is -1.23. The average molecular weight is 284 g/mol. The first-order chi connectivity index (χ1) is 9.66. The fourth-order valence-corrected chi connectivity index (χ4v) is 3.35. The van der Waals surface area contributed by atoms with Crippen LogP contribution in [0.3, 0.4) is 0 Å². The standard InChI is InChI=1S/C15H19F3N2/c16-12-5-6-13(15(18)14(12)17)20-9-3-8-19-7-2-1-4-11(19)10-20/h5-6,11H,1-4,7-10H2. The fraction of sp³-hybridized carbons (Fsp3) is 0.600. The molecule has 20 heavy (non-hydrogen) atoms. The van der Waals surface area contributed by atoms with E-state index in [1.165, 1.54) is 18.9 Å². The van der Waals surface area contributed by atoms with Gasteiger partial charge in [0.2, 0.25) is 0 Å². The summed E-state index contributed by atoms with van der Waals surface area (Å²) in [4.78, 5) is 4.31. The molecule has 3 rings (SSSR count). The Bertz CT molecular complexity index is 492. The van der Waals surface area contributed by atoms with Gasteiger partial charge in [0, 0.05) is 25.7 Å². The Kier molecular flexibility index (Phi) is 3.87. The van der Waals surface area contributed by atoms with E-state index in [0.29, 0.717) is 19.1 Å². The molecular weight excluding hydrogens is 265 g/mol. The Morgan fingerprint density at radius 2 is 1.70 bits per heavy atom. The van der Waals surface area contributed by atoms with Crippen molar-refractivity contribution in [2.24, 2.45) is 0 Å². The van der Waals surface area contributed by atoms with Crippen LogP contribution in [0.1, 0.15) is 25.7 Å². The number of fused-ring (bicyclic) bond motifs is 1. The van der Waals surface area contributed by atoms with Crippen molar-refractivity contribution in [3.8, 4) is 0 Å². The molecule has 2 nitrogen and oxygen atoms in total. The number of halogens is 3. The summed E-state index contributed by atoms with van der Waals surface area (Å²) in [6.45, 7) is 3.49. The zero-order chi connectivity index (χ0) is 14.1. The van der Waals surface area contributed by atoms with Crippen LogP contribution >= 0.6 is 0 Å². The van der Waals surface area contributed by atoms with Crippen LogP contribution in [0.15, 0.2) is 12.1 Å². The van der Waals surface area contributed by atoms with Gasteiger partial charge in [0.05, 0.1) is 5.69 Å². The number of piperidine rings is 1. The van der Waals surface area contributed by atoms with E-state index < -0.39 is 17.5 Å². The number of anilines is 1. The zero-order valence-electron chi connectivity index (χ0n) is 11.4. The third-order valence-electron chi connectivity index (χ3n) is 4.41. The van der Waals surface area contributed by atoms with Crippen LogP contribution in [0.25, 0.3) is 0 Å². The Morgan fingerprint density at radius 3 is 2.55 bits per heavy atom. The Balaban J connectivity index is 1.84. The van der Waals surface area contributed by atoms with Gasteiger partial charge in [-0.15, -0.1) is 0 Å². The van der Waals surface area contributed by atoms with E-state index >= 15 is 0 Å². The van der Waals surface area contributed by atoms with Crippen LogP contribution in [-0.2, 0) is 0 Å². The van der Waals surface area contributed by atoms with Crippen molar-refractivity contribution in [3.05, 3.63) is 29.6 Å². The molecule has 2 aliphatic heterocycles. The third kappa shape index (κ3) is 2.51. The summed E-state index contributed by atoms with van der Waals surface area (Å²) < 4.78 is 40.4. The highest BCUT2D eigenvalue weighted by molar-refractivity contribution is 5.48. The van der Waals surface area contributed by atoms with Crippen molar-refractivity contribution in [2.75, 3.05) is 31.1 Å². The molecule has 1 aromatic rings. The molecule has 0 aromatic heterocycles. The summed E-state index contributed by atoms with van der Waals surface area (Å²) >= 11 is 0. The van der Waals surface area contributed by atoms with Gasteiger partial charge in [0.1, 0.15) is 0 Å². The number of rotatable bonds is 1. The number of benzene rings is 1. The van der Waals surface area contributed by atoms with Crippen LogP contribution in [0.2, 0.25) is 0 Å². The predicted octanol–water partition coefficient (Wildman–Crippen LogP) is 3.17. The monoisotopic (exact) mass is 284 g/mol. The molecule has 0 radical (unpaired) electrons. The fourth-order valence-electron chi connectivity index (χ4n) is 3.35. The van der Waals surface area contributed by atoms with Crippen LogP contribution < -0.4 is 4.90 Å². The lowest BCUT2D eigenvalue weighted by atomic mass is 10.0. The van der Waals surface area contributed by atoms with Crippen molar-refractivity contribution >= 4 is 5.69 Å². The molecule has 2 heterocycles. The van der Waals surface area contributed by atoms with Gasteiger partial charge in [0.25, 0.3) is 0 Å². The number of hydrogen-bond donors (Lipinski definition) is 0. The highest BCUT2D eigenvalue weighted by Gasteiger charge is 2.29. The number of hydrogen-bond acceptors (Lipinski definition) is 2. The van der Waals surface area contributed by atoms with Crippen molar-refractivity contribution < 1.29 is 13.2 Å². The molecule has 1 unspecified atom stereocenters. The van der Waals surface area contributed by atoms with E-state index in [1.54, 1.807) is 0 Å². The minimum atomic E-state index is -1.37. The maximum Gasteiger partial charge on any atom is 0.196 e. The van der Waals surface area contributed by atoms with Gasteiger partial charge in [-0.05, 0) is 37.9 Å². The van der Waals surface area contributed by atoms with Gasteiger partial charge in [0.15, 0.2) is 17.5 Å². The summed E-state index contributed by atoms with van der Waals surface area (Å²) in [5.74, 6) is -3.55. The summed E-state index contributed by atoms with van der Waals surface area (Å²) in [5, 5.41) is 0.